The fourth-order valence-corrected chi connectivity index (χ4v) is 4.95. The smallest absolute Gasteiger partial charge is 0.295 e. The molecule has 1 unspecified atom stereocenters. The van der Waals surface area contributed by atoms with E-state index in [-0.39, 0.29) is 24.2 Å². The molecule has 37 heavy (non-hydrogen) atoms. The van der Waals surface area contributed by atoms with Crippen LogP contribution in [0.4, 0.5) is 5.82 Å². The van der Waals surface area contributed by atoms with Gasteiger partial charge in [0.1, 0.15) is 5.52 Å². The zero-order chi connectivity index (χ0) is 25.2. The van der Waals surface area contributed by atoms with Crippen molar-refractivity contribution in [3.8, 4) is 11.5 Å². The number of pyridine rings is 1. The van der Waals surface area contributed by atoms with Gasteiger partial charge in [-0.2, -0.15) is 0 Å². The van der Waals surface area contributed by atoms with Crippen molar-refractivity contribution >= 4 is 22.9 Å². The predicted octanol–water partition coefficient (Wildman–Crippen LogP) is 3.10. The summed E-state index contributed by atoms with van der Waals surface area (Å²) in [5, 5.41) is 3.04. The van der Waals surface area contributed by atoms with Crippen molar-refractivity contribution in [3.05, 3.63) is 88.3 Å². The van der Waals surface area contributed by atoms with E-state index in [1.54, 1.807) is 10.8 Å². The van der Waals surface area contributed by atoms with Crippen molar-refractivity contribution < 1.29 is 14.3 Å². The van der Waals surface area contributed by atoms with Gasteiger partial charge in [-0.1, -0.05) is 36.4 Å². The molecule has 1 atom stereocenters. The number of piperidine rings is 1. The van der Waals surface area contributed by atoms with Gasteiger partial charge in [-0.15, -0.1) is 0 Å². The molecule has 2 aliphatic heterocycles. The third-order valence-electron chi connectivity index (χ3n) is 6.86. The van der Waals surface area contributed by atoms with Crippen molar-refractivity contribution in [3.63, 3.8) is 0 Å². The van der Waals surface area contributed by atoms with E-state index in [1.165, 1.54) is 0 Å². The summed E-state index contributed by atoms with van der Waals surface area (Å²) in [6.45, 7) is 2.12. The highest BCUT2D eigenvalue weighted by atomic mass is 16.7. The minimum atomic E-state index is -0.240. The summed E-state index contributed by atoms with van der Waals surface area (Å²) in [4.78, 5) is 37.8. The lowest BCUT2D eigenvalue weighted by molar-refractivity contribution is -0.125. The van der Waals surface area contributed by atoms with E-state index in [9.17, 15) is 9.59 Å². The molecule has 0 spiro atoms. The first-order valence-corrected chi connectivity index (χ1v) is 12.5. The lowest BCUT2D eigenvalue weighted by atomic mass is 9.97. The van der Waals surface area contributed by atoms with Crippen molar-refractivity contribution in [1.82, 2.24) is 19.9 Å². The lowest BCUT2D eigenvalue weighted by Gasteiger charge is -2.32. The molecular weight excluding hydrogens is 470 g/mol. The Balaban J connectivity index is 1.21. The second-order valence-corrected chi connectivity index (χ2v) is 9.35. The van der Waals surface area contributed by atoms with Crippen LogP contribution in [0.5, 0.6) is 11.5 Å². The maximum Gasteiger partial charge on any atom is 0.295 e. The summed E-state index contributed by atoms with van der Waals surface area (Å²) in [5.41, 5.74) is 2.96. The van der Waals surface area contributed by atoms with E-state index in [2.05, 4.69) is 10.3 Å². The maximum atomic E-state index is 13.7. The molecule has 4 heterocycles. The Morgan fingerprint density at radius 1 is 1.03 bits per heavy atom. The molecule has 1 fully saturated rings. The molecule has 9 heteroatoms. The zero-order valence-corrected chi connectivity index (χ0v) is 20.3. The van der Waals surface area contributed by atoms with Crippen LogP contribution in [0, 0.1) is 5.92 Å². The average Bonchev–Trinajstić information content (AvgIpc) is 3.42. The van der Waals surface area contributed by atoms with E-state index in [1.807, 2.05) is 65.6 Å². The summed E-state index contributed by atoms with van der Waals surface area (Å²) in [6, 6.07) is 19.2. The third kappa shape index (κ3) is 4.72. The molecule has 9 nitrogen and oxygen atoms in total. The Hall–Kier alpha value is -4.40. The first-order chi connectivity index (χ1) is 18.2. The van der Waals surface area contributed by atoms with Crippen LogP contribution >= 0.6 is 0 Å². The van der Waals surface area contributed by atoms with E-state index >= 15 is 0 Å². The molecule has 2 aromatic heterocycles. The molecule has 1 N–H and O–H groups in total. The Morgan fingerprint density at radius 2 is 1.89 bits per heavy atom. The minimum absolute atomic E-state index is 0.0329. The van der Waals surface area contributed by atoms with Gasteiger partial charge in [0, 0.05) is 25.8 Å². The number of hydrogen-bond donors (Lipinski definition) is 1. The highest BCUT2D eigenvalue weighted by molar-refractivity contribution is 5.80. The van der Waals surface area contributed by atoms with Gasteiger partial charge < -0.3 is 19.7 Å². The van der Waals surface area contributed by atoms with Gasteiger partial charge in [0.2, 0.25) is 12.7 Å². The summed E-state index contributed by atoms with van der Waals surface area (Å²) >= 11 is 0. The molecule has 4 aromatic rings. The van der Waals surface area contributed by atoms with E-state index in [4.69, 9.17) is 14.5 Å². The van der Waals surface area contributed by atoms with Crippen LogP contribution < -0.4 is 25.2 Å². The van der Waals surface area contributed by atoms with Gasteiger partial charge in [-0.05, 0) is 48.2 Å². The fraction of sp³-hybridized carbons (Fsp3) is 0.286. The Morgan fingerprint density at radius 3 is 2.78 bits per heavy atom. The van der Waals surface area contributed by atoms with E-state index in [0.717, 1.165) is 24.0 Å². The number of aromatic nitrogens is 3. The number of nitrogens with one attached hydrogen (secondary N) is 1. The van der Waals surface area contributed by atoms with Crippen molar-refractivity contribution in [2.45, 2.75) is 25.9 Å². The molecule has 0 radical (unpaired) electrons. The molecule has 1 amide bonds. The van der Waals surface area contributed by atoms with Crippen LogP contribution in [0.25, 0.3) is 11.2 Å². The van der Waals surface area contributed by atoms with Crippen molar-refractivity contribution in [1.29, 1.82) is 0 Å². The number of rotatable bonds is 6. The van der Waals surface area contributed by atoms with Gasteiger partial charge >= 0.3 is 0 Å². The fourth-order valence-electron chi connectivity index (χ4n) is 4.95. The van der Waals surface area contributed by atoms with Crippen molar-refractivity contribution in [2.24, 2.45) is 5.92 Å². The first-order valence-electron chi connectivity index (χ1n) is 12.5. The number of fused-ring (bicyclic) bond motifs is 2. The van der Waals surface area contributed by atoms with Gasteiger partial charge in [-0.25, -0.2) is 9.97 Å². The predicted molar refractivity (Wildman–Crippen MR) is 139 cm³/mol. The highest BCUT2D eigenvalue weighted by Crippen LogP contribution is 2.32. The maximum absolute atomic E-state index is 13.7. The lowest BCUT2D eigenvalue weighted by Crippen LogP contribution is -2.45. The van der Waals surface area contributed by atoms with Crippen molar-refractivity contribution in [2.75, 3.05) is 24.8 Å². The molecular formula is C28H27N5O4. The Labute approximate surface area is 213 Å². The van der Waals surface area contributed by atoms with Crippen LogP contribution in [-0.2, 0) is 17.9 Å². The summed E-state index contributed by atoms with van der Waals surface area (Å²) in [7, 11) is 0. The van der Waals surface area contributed by atoms with Gasteiger partial charge in [0.25, 0.3) is 5.56 Å². The van der Waals surface area contributed by atoms with E-state index < -0.39 is 0 Å². The molecule has 0 saturated carbocycles. The molecule has 1 saturated heterocycles. The molecule has 2 aliphatic rings. The van der Waals surface area contributed by atoms with Crippen LogP contribution in [0.15, 0.2) is 71.7 Å². The number of carbonyl (C=O) groups excluding carboxylic acids is 1. The third-order valence-corrected chi connectivity index (χ3v) is 6.86. The SMILES string of the molecule is O=C(NCc1ccc2c(c1)OCO2)C1CCCN(c2nc3cccnc3n(Cc3ccccc3)c2=O)C1. The monoisotopic (exact) mass is 497 g/mol. The topological polar surface area (TPSA) is 98.6 Å². The molecule has 0 bridgehead atoms. The van der Waals surface area contributed by atoms with E-state index in [0.29, 0.717) is 54.7 Å². The molecule has 6 rings (SSSR count). The average molecular weight is 498 g/mol. The molecule has 2 aromatic carbocycles. The second kappa shape index (κ2) is 9.93. The first kappa shape index (κ1) is 23.0. The summed E-state index contributed by atoms with van der Waals surface area (Å²) < 4.78 is 12.5. The number of nitrogens with zero attached hydrogens (tertiary/aromatic N) is 4. The minimum Gasteiger partial charge on any atom is -0.454 e. The van der Waals surface area contributed by atoms with Gasteiger partial charge in [0.15, 0.2) is 23.0 Å². The molecule has 188 valence electrons. The van der Waals surface area contributed by atoms with Gasteiger partial charge in [-0.3, -0.25) is 14.2 Å². The summed E-state index contributed by atoms with van der Waals surface area (Å²) in [6.07, 6.45) is 3.23. The van der Waals surface area contributed by atoms with Crippen LogP contribution in [0.2, 0.25) is 0 Å². The normalized spacial score (nSPS) is 16.6. The quantitative estimate of drug-likeness (QED) is 0.437. The zero-order valence-electron chi connectivity index (χ0n) is 20.3. The van der Waals surface area contributed by atoms with Crippen LogP contribution in [-0.4, -0.2) is 40.3 Å². The number of hydrogen-bond acceptors (Lipinski definition) is 7. The van der Waals surface area contributed by atoms with Crippen LogP contribution in [0.1, 0.15) is 24.0 Å². The number of anilines is 1. The standard InChI is InChI=1S/C28H27N5O4/c34-27(30-15-20-10-11-23-24(14-20)37-18-36-23)21-8-5-13-32(17-21)26-28(35)33(16-19-6-2-1-3-7-19)25-22(31-26)9-4-12-29-25/h1-4,6-7,9-12,14,21H,5,8,13,15-18H2,(H,30,34). The van der Waals surface area contributed by atoms with Gasteiger partial charge in [0.05, 0.1) is 12.5 Å². The van der Waals surface area contributed by atoms with Crippen LogP contribution in [0.3, 0.4) is 0 Å². The Kier molecular flexibility index (Phi) is 6.18. The molecule has 0 aliphatic carbocycles. The highest BCUT2D eigenvalue weighted by Gasteiger charge is 2.29. The largest absolute Gasteiger partial charge is 0.454 e. The number of carbonyl (C=O) groups is 1. The number of ether oxygens (including phenoxy) is 2. The Bertz CT molecular complexity index is 1500. The number of amides is 1. The number of benzene rings is 2. The summed E-state index contributed by atoms with van der Waals surface area (Å²) in [5.74, 6) is 1.50. The second-order valence-electron chi connectivity index (χ2n) is 9.35.